The second-order valence-electron chi connectivity index (χ2n) is 2.91. The van der Waals surface area contributed by atoms with Crippen molar-refractivity contribution in [3.05, 3.63) is 0 Å². The number of nitrogens with one attached hydrogen (secondary N) is 1. The fourth-order valence-electron chi connectivity index (χ4n) is 1.28. The van der Waals surface area contributed by atoms with Crippen LogP contribution in [0.1, 0.15) is 12.8 Å². The highest BCUT2D eigenvalue weighted by Gasteiger charge is 2.28. The Morgan fingerprint density at radius 2 is 1.83 bits per heavy atom. The molecule has 0 aromatic rings. The molecular weight excluding hydrogens is 162 g/mol. The zero-order valence-corrected chi connectivity index (χ0v) is 6.49. The average molecular weight is 173 g/mol. The second kappa shape index (κ2) is 3.53. The van der Waals surface area contributed by atoms with Crippen molar-refractivity contribution < 1.29 is 19.8 Å². The lowest BCUT2D eigenvalue weighted by molar-refractivity contribution is -0.146. The highest BCUT2D eigenvalue weighted by atomic mass is 16.4. The monoisotopic (exact) mass is 173 g/mol. The van der Waals surface area contributed by atoms with Crippen LogP contribution in [0.2, 0.25) is 0 Å². The summed E-state index contributed by atoms with van der Waals surface area (Å²) in [7, 11) is 0. The summed E-state index contributed by atoms with van der Waals surface area (Å²) in [4.78, 5) is 20.9. The van der Waals surface area contributed by atoms with Crippen LogP contribution in [-0.2, 0) is 9.59 Å². The molecule has 0 aromatic heterocycles. The molecule has 0 aliphatic carbocycles. The Labute approximate surface area is 69.4 Å². The number of hydrogen-bond acceptors (Lipinski definition) is 3. The molecule has 0 aromatic carbocycles. The van der Waals surface area contributed by atoms with Crippen molar-refractivity contribution in [1.82, 2.24) is 5.32 Å². The van der Waals surface area contributed by atoms with Gasteiger partial charge in [0, 0.05) is 6.54 Å². The molecule has 1 heterocycles. The predicted molar refractivity (Wildman–Crippen MR) is 39.8 cm³/mol. The molecule has 2 atom stereocenters. The van der Waals surface area contributed by atoms with Crippen LogP contribution in [0, 0.1) is 5.92 Å². The van der Waals surface area contributed by atoms with Crippen LogP contribution in [0.15, 0.2) is 0 Å². The van der Waals surface area contributed by atoms with Crippen molar-refractivity contribution in [2.45, 2.75) is 18.9 Å². The summed E-state index contributed by atoms with van der Waals surface area (Å²) in [6, 6.07) is -0.569. The molecule has 3 N–H and O–H groups in total. The minimum absolute atomic E-state index is 0.256. The summed E-state index contributed by atoms with van der Waals surface area (Å²) in [6.45, 7) is 0.256. The van der Waals surface area contributed by atoms with E-state index in [0.717, 1.165) is 0 Å². The van der Waals surface area contributed by atoms with Crippen LogP contribution in [0.25, 0.3) is 0 Å². The Balaban J connectivity index is 2.39. The molecule has 0 unspecified atom stereocenters. The summed E-state index contributed by atoms with van der Waals surface area (Å²) in [5.74, 6) is -2.19. The van der Waals surface area contributed by atoms with Crippen LogP contribution in [0.5, 0.6) is 0 Å². The lowest BCUT2D eigenvalue weighted by Crippen LogP contribution is -2.45. The van der Waals surface area contributed by atoms with E-state index in [4.69, 9.17) is 10.2 Å². The topological polar surface area (TPSA) is 86.6 Å². The van der Waals surface area contributed by atoms with E-state index in [2.05, 4.69) is 5.32 Å². The van der Waals surface area contributed by atoms with Gasteiger partial charge in [0.15, 0.2) is 0 Å². The maximum Gasteiger partial charge on any atom is 0.320 e. The van der Waals surface area contributed by atoms with Crippen LogP contribution < -0.4 is 5.32 Å². The Kier molecular flexibility index (Phi) is 2.65. The summed E-state index contributed by atoms with van der Waals surface area (Å²) in [5.41, 5.74) is 0. The first-order valence-corrected chi connectivity index (χ1v) is 3.80. The van der Waals surface area contributed by atoms with Gasteiger partial charge in [-0.3, -0.25) is 9.59 Å². The first-order valence-electron chi connectivity index (χ1n) is 3.80. The van der Waals surface area contributed by atoms with Crippen molar-refractivity contribution in [1.29, 1.82) is 0 Å². The van der Waals surface area contributed by atoms with E-state index in [1.807, 2.05) is 0 Å². The number of carboxylic acid groups (broad SMARTS) is 2. The van der Waals surface area contributed by atoms with E-state index >= 15 is 0 Å². The first kappa shape index (κ1) is 8.99. The van der Waals surface area contributed by atoms with Crippen molar-refractivity contribution in [3.8, 4) is 0 Å². The third-order valence-corrected chi connectivity index (χ3v) is 2.06. The molecule has 1 rings (SSSR count). The number of hydrogen-bond donors (Lipinski definition) is 3. The van der Waals surface area contributed by atoms with Gasteiger partial charge in [-0.25, -0.2) is 0 Å². The van der Waals surface area contributed by atoms with E-state index in [1.165, 1.54) is 0 Å². The molecule has 12 heavy (non-hydrogen) atoms. The molecule has 1 aliphatic rings. The van der Waals surface area contributed by atoms with Gasteiger partial charge in [-0.2, -0.15) is 0 Å². The van der Waals surface area contributed by atoms with Crippen molar-refractivity contribution >= 4 is 11.9 Å². The summed E-state index contributed by atoms with van der Waals surface area (Å²) in [5, 5.41) is 19.8. The van der Waals surface area contributed by atoms with Gasteiger partial charge in [0.2, 0.25) is 0 Å². The summed E-state index contributed by atoms with van der Waals surface area (Å²) < 4.78 is 0. The fourth-order valence-corrected chi connectivity index (χ4v) is 1.28. The standard InChI is InChI=1S/C7H11NO4/c9-6(10)4-1-2-5(7(11)12)8-3-4/h4-5,8H,1-3H2,(H,9,10)(H,11,12)/t4-,5-/m1/s1. The van der Waals surface area contributed by atoms with Gasteiger partial charge in [-0.1, -0.05) is 0 Å². The van der Waals surface area contributed by atoms with E-state index < -0.39 is 23.9 Å². The minimum atomic E-state index is -0.904. The summed E-state index contributed by atoms with van der Waals surface area (Å²) in [6.07, 6.45) is 0.839. The number of piperidine rings is 1. The van der Waals surface area contributed by atoms with Crippen LogP contribution in [-0.4, -0.2) is 34.7 Å². The second-order valence-corrected chi connectivity index (χ2v) is 2.91. The zero-order chi connectivity index (χ0) is 9.14. The lowest BCUT2D eigenvalue weighted by atomic mass is 9.95. The molecule has 5 nitrogen and oxygen atoms in total. The third-order valence-electron chi connectivity index (χ3n) is 2.06. The molecule has 0 spiro atoms. The van der Waals surface area contributed by atoms with E-state index in [-0.39, 0.29) is 6.54 Å². The van der Waals surface area contributed by atoms with Gasteiger partial charge in [0.25, 0.3) is 0 Å². The highest BCUT2D eigenvalue weighted by Crippen LogP contribution is 2.14. The van der Waals surface area contributed by atoms with Crippen LogP contribution >= 0.6 is 0 Å². The van der Waals surface area contributed by atoms with Gasteiger partial charge in [0.05, 0.1) is 5.92 Å². The Morgan fingerprint density at radius 1 is 1.17 bits per heavy atom. The van der Waals surface area contributed by atoms with E-state index in [1.54, 1.807) is 0 Å². The molecule has 1 saturated heterocycles. The molecule has 1 fully saturated rings. The zero-order valence-electron chi connectivity index (χ0n) is 6.49. The molecule has 68 valence electrons. The molecule has 0 saturated carbocycles. The molecule has 0 radical (unpaired) electrons. The minimum Gasteiger partial charge on any atom is -0.481 e. The first-order chi connectivity index (χ1) is 5.61. The smallest absolute Gasteiger partial charge is 0.320 e. The normalized spacial score (nSPS) is 29.7. The highest BCUT2D eigenvalue weighted by molar-refractivity contribution is 5.75. The maximum atomic E-state index is 10.4. The summed E-state index contributed by atoms with van der Waals surface area (Å²) >= 11 is 0. The number of carboxylic acids is 2. The number of aliphatic carboxylic acids is 2. The molecule has 0 amide bonds. The van der Waals surface area contributed by atoms with Gasteiger partial charge in [0.1, 0.15) is 6.04 Å². The number of carbonyl (C=O) groups is 2. The quantitative estimate of drug-likeness (QED) is 0.525. The van der Waals surface area contributed by atoms with Gasteiger partial charge in [-0.15, -0.1) is 0 Å². The van der Waals surface area contributed by atoms with Crippen molar-refractivity contribution in [3.63, 3.8) is 0 Å². The average Bonchev–Trinajstić information content (AvgIpc) is 2.04. The Morgan fingerprint density at radius 3 is 2.17 bits per heavy atom. The third kappa shape index (κ3) is 1.94. The van der Waals surface area contributed by atoms with E-state index in [9.17, 15) is 9.59 Å². The predicted octanol–water partition coefficient (Wildman–Crippen LogP) is -0.476. The lowest BCUT2D eigenvalue weighted by Gasteiger charge is -2.24. The van der Waals surface area contributed by atoms with Gasteiger partial charge in [-0.05, 0) is 12.8 Å². The fraction of sp³-hybridized carbons (Fsp3) is 0.714. The number of rotatable bonds is 2. The molecule has 0 bridgehead atoms. The Bertz CT molecular complexity index is 174. The van der Waals surface area contributed by atoms with Crippen LogP contribution in [0.3, 0.4) is 0 Å². The largest absolute Gasteiger partial charge is 0.481 e. The molecule has 5 heteroatoms. The van der Waals surface area contributed by atoms with Crippen molar-refractivity contribution in [2.24, 2.45) is 5.92 Å². The maximum absolute atomic E-state index is 10.4. The molecular formula is C7H11NO4. The van der Waals surface area contributed by atoms with E-state index in [0.29, 0.717) is 12.8 Å². The van der Waals surface area contributed by atoms with Crippen LogP contribution in [0.4, 0.5) is 0 Å². The van der Waals surface area contributed by atoms with Gasteiger partial charge < -0.3 is 15.5 Å². The van der Waals surface area contributed by atoms with Gasteiger partial charge >= 0.3 is 11.9 Å². The molecule has 1 aliphatic heterocycles. The Hall–Kier alpha value is -1.10. The van der Waals surface area contributed by atoms with Crippen molar-refractivity contribution in [2.75, 3.05) is 6.54 Å². The SMILES string of the molecule is O=C(O)[C@@H]1CC[C@H](C(=O)O)NC1.